The molecule has 0 bridgehead atoms. The van der Waals surface area contributed by atoms with E-state index in [1.807, 2.05) is 6.92 Å². The van der Waals surface area contributed by atoms with Crippen LogP contribution in [-0.4, -0.2) is 12.0 Å². The van der Waals surface area contributed by atoms with E-state index < -0.39 is 0 Å². The largest absolute Gasteiger partial charge is 0.486 e. The number of nitrogens with one attached hydrogen (secondary N) is 1. The lowest BCUT2D eigenvalue weighted by Gasteiger charge is -2.13. The number of fused-ring (bicyclic) bond motifs is 1. The molecule has 0 aliphatic carbocycles. The fourth-order valence-electron chi connectivity index (χ4n) is 1.54. The lowest BCUT2D eigenvalue weighted by atomic mass is 10.2. The molecule has 0 radical (unpaired) electrons. The average Bonchev–Trinajstić information content (AvgIpc) is 2.22. The van der Waals surface area contributed by atoms with Crippen molar-refractivity contribution >= 4 is 28.9 Å². The molecule has 5 heteroatoms. The molecule has 2 rings (SSSR count). The van der Waals surface area contributed by atoms with Gasteiger partial charge in [0.05, 0.1) is 17.8 Å². The second-order valence-corrected chi connectivity index (χ2v) is 3.99. The van der Waals surface area contributed by atoms with Gasteiger partial charge in [0.15, 0.2) is 5.75 Å². The van der Waals surface area contributed by atoms with Crippen LogP contribution in [-0.2, 0) is 4.79 Å². The van der Waals surface area contributed by atoms with Gasteiger partial charge in [-0.05, 0) is 19.1 Å². The summed E-state index contributed by atoms with van der Waals surface area (Å²) >= 11 is 5.83. The monoisotopic (exact) mass is 226 g/mol. The van der Waals surface area contributed by atoms with E-state index in [9.17, 15) is 4.79 Å². The van der Waals surface area contributed by atoms with Crippen LogP contribution < -0.4 is 15.8 Å². The van der Waals surface area contributed by atoms with E-state index in [4.69, 9.17) is 22.1 Å². The van der Waals surface area contributed by atoms with E-state index in [0.29, 0.717) is 28.6 Å². The maximum Gasteiger partial charge on any atom is 0.228 e. The highest BCUT2D eigenvalue weighted by Gasteiger charge is 2.21. The molecular formula is C10H11ClN2O2. The summed E-state index contributed by atoms with van der Waals surface area (Å²) in [7, 11) is 0. The van der Waals surface area contributed by atoms with E-state index >= 15 is 0 Å². The smallest absolute Gasteiger partial charge is 0.228 e. The molecule has 3 N–H and O–H groups in total. The van der Waals surface area contributed by atoms with Gasteiger partial charge in [0, 0.05) is 5.02 Å². The van der Waals surface area contributed by atoms with Gasteiger partial charge in [0.1, 0.15) is 6.10 Å². The minimum Gasteiger partial charge on any atom is -0.486 e. The SMILES string of the molecule is CC1CC(=O)Nc2cc(Cl)cc(N)c2O1. The lowest BCUT2D eigenvalue weighted by molar-refractivity contribution is -0.117. The molecular weight excluding hydrogens is 216 g/mol. The van der Waals surface area contributed by atoms with Gasteiger partial charge in [-0.15, -0.1) is 0 Å². The average molecular weight is 227 g/mol. The zero-order valence-corrected chi connectivity index (χ0v) is 8.97. The molecule has 15 heavy (non-hydrogen) atoms. The van der Waals surface area contributed by atoms with Crippen LogP contribution >= 0.6 is 11.6 Å². The Kier molecular flexibility index (Phi) is 2.44. The van der Waals surface area contributed by atoms with Crippen LogP contribution in [0.4, 0.5) is 11.4 Å². The molecule has 1 aromatic carbocycles. The van der Waals surface area contributed by atoms with Gasteiger partial charge in [-0.1, -0.05) is 11.6 Å². The maximum atomic E-state index is 11.4. The molecule has 1 amide bonds. The molecule has 0 saturated heterocycles. The molecule has 1 aliphatic heterocycles. The molecule has 1 aromatic rings. The van der Waals surface area contributed by atoms with Gasteiger partial charge >= 0.3 is 0 Å². The molecule has 1 unspecified atom stereocenters. The second kappa shape index (κ2) is 3.62. The van der Waals surface area contributed by atoms with Crippen LogP contribution in [0.25, 0.3) is 0 Å². The van der Waals surface area contributed by atoms with Gasteiger partial charge in [-0.25, -0.2) is 0 Å². The summed E-state index contributed by atoms with van der Waals surface area (Å²) in [6.45, 7) is 1.82. The fraction of sp³-hybridized carbons (Fsp3) is 0.300. The van der Waals surface area contributed by atoms with Gasteiger partial charge < -0.3 is 15.8 Å². The van der Waals surface area contributed by atoms with Gasteiger partial charge in [-0.3, -0.25) is 4.79 Å². The molecule has 0 fully saturated rings. The van der Waals surface area contributed by atoms with Crippen LogP contribution in [0.3, 0.4) is 0 Å². The Hall–Kier alpha value is -1.42. The third-order valence-electron chi connectivity index (χ3n) is 2.15. The Morgan fingerprint density at radius 3 is 3.07 bits per heavy atom. The van der Waals surface area contributed by atoms with Crippen molar-refractivity contribution in [2.24, 2.45) is 0 Å². The molecule has 0 spiro atoms. The van der Waals surface area contributed by atoms with Crippen molar-refractivity contribution in [1.82, 2.24) is 0 Å². The Bertz CT molecular complexity index is 420. The van der Waals surface area contributed by atoms with E-state index in [1.165, 1.54) is 0 Å². The summed E-state index contributed by atoms with van der Waals surface area (Å²) in [6.07, 6.45) is 0.126. The van der Waals surface area contributed by atoms with Crippen molar-refractivity contribution in [3.8, 4) is 5.75 Å². The van der Waals surface area contributed by atoms with Crippen LogP contribution in [0.5, 0.6) is 5.75 Å². The summed E-state index contributed by atoms with van der Waals surface area (Å²) in [6, 6.07) is 3.23. The second-order valence-electron chi connectivity index (χ2n) is 3.55. The number of nitrogen functional groups attached to an aromatic ring is 1. The third kappa shape index (κ3) is 1.99. The Morgan fingerprint density at radius 1 is 1.60 bits per heavy atom. The highest BCUT2D eigenvalue weighted by atomic mass is 35.5. The standard InChI is InChI=1S/C10H11ClN2O2/c1-5-2-9(14)13-8-4-6(11)3-7(12)10(8)15-5/h3-5H,2,12H2,1H3,(H,13,14). The number of ether oxygens (including phenoxy) is 1. The number of anilines is 2. The number of rotatable bonds is 0. The number of hydrogen-bond acceptors (Lipinski definition) is 3. The third-order valence-corrected chi connectivity index (χ3v) is 2.37. The molecule has 1 aliphatic rings. The first kappa shape index (κ1) is 10.1. The fourth-order valence-corrected chi connectivity index (χ4v) is 1.77. The number of halogens is 1. The van der Waals surface area contributed by atoms with Crippen LogP contribution in [0.15, 0.2) is 12.1 Å². The maximum absolute atomic E-state index is 11.4. The summed E-state index contributed by atoms with van der Waals surface area (Å²) in [5, 5.41) is 3.18. The minimum absolute atomic E-state index is 0.0945. The van der Waals surface area contributed by atoms with E-state index in [1.54, 1.807) is 12.1 Å². The normalized spacial score (nSPS) is 19.9. The predicted molar refractivity (Wildman–Crippen MR) is 59.2 cm³/mol. The number of hydrogen-bond donors (Lipinski definition) is 2. The van der Waals surface area contributed by atoms with Crippen molar-refractivity contribution < 1.29 is 9.53 Å². The molecule has 1 heterocycles. The number of benzene rings is 1. The van der Waals surface area contributed by atoms with Crippen molar-refractivity contribution in [2.45, 2.75) is 19.4 Å². The molecule has 0 saturated carbocycles. The van der Waals surface area contributed by atoms with E-state index in [2.05, 4.69) is 5.32 Å². The topological polar surface area (TPSA) is 64.4 Å². The summed E-state index contributed by atoms with van der Waals surface area (Å²) in [5.74, 6) is 0.403. The van der Waals surface area contributed by atoms with Gasteiger partial charge in [-0.2, -0.15) is 0 Å². The molecule has 4 nitrogen and oxygen atoms in total. The molecule has 0 aromatic heterocycles. The summed E-state index contributed by atoms with van der Waals surface area (Å²) in [5.41, 5.74) is 6.73. The van der Waals surface area contributed by atoms with Crippen molar-refractivity contribution in [1.29, 1.82) is 0 Å². The zero-order valence-electron chi connectivity index (χ0n) is 8.21. The first-order valence-corrected chi connectivity index (χ1v) is 4.99. The highest BCUT2D eigenvalue weighted by Crippen LogP contribution is 2.37. The number of carbonyl (C=O) groups excluding carboxylic acids is 1. The quantitative estimate of drug-likeness (QED) is 0.666. The summed E-state index contributed by atoms with van der Waals surface area (Å²) in [4.78, 5) is 11.4. The number of nitrogens with two attached hydrogens (primary N) is 1. The Labute approximate surface area is 92.4 Å². The zero-order chi connectivity index (χ0) is 11.0. The number of carbonyl (C=O) groups is 1. The molecule has 1 atom stereocenters. The minimum atomic E-state index is -0.185. The lowest BCUT2D eigenvalue weighted by Crippen LogP contribution is -2.17. The van der Waals surface area contributed by atoms with Crippen LogP contribution in [0.1, 0.15) is 13.3 Å². The summed E-state index contributed by atoms with van der Waals surface area (Å²) < 4.78 is 5.55. The van der Waals surface area contributed by atoms with Crippen LogP contribution in [0.2, 0.25) is 5.02 Å². The van der Waals surface area contributed by atoms with E-state index in [-0.39, 0.29) is 12.0 Å². The van der Waals surface area contributed by atoms with E-state index in [0.717, 1.165) is 0 Å². The first-order valence-electron chi connectivity index (χ1n) is 4.62. The van der Waals surface area contributed by atoms with Crippen molar-refractivity contribution in [2.75, 3.05) is 11.1 Å². The van der Waals surface area contributed by atoms with Gasteiger partial charge in [0.25, 0.3) is 0 Å². The predicted octanol–water partition coefficient (Wildman–Crippen LogP) is 2.03. The van der Waals surface area contributed by atoms with Crippen LogP contribution in [0, 0.1) is 0 Å². The first-order chi connectivity index (χ1) is 7.06. The Balaban J connectivity index is 2.50. The van der Waals surface area contributed by atoms with Crippen molar-refractivity contribution in [3.05, 3.63) is 17.2 Å². The van der Waals surface area contributed by atoms with Crippen molar-refractivity contribution in [3.63, 3.8) is 0 Å². The highest BCUT2D eigenvalue weighted by molar-refractivity contribution is 6.31. The molecule has 80 valence electrons. The number of amides is 1. The Morgan fingerprint density at radius 2 is 2.33 bits per heavy atom. The van der Waals surface area contributed by atoms with Gasteiger partial charge in [0.2, 0.25) is 5.91 Å².